The quantitative estimate of drug-likeness (QED) is 0.848. The Labute approximate surface area is 123 Å². The normalized spacial score (nSPS) is 18.7. The van der Waals surface area contributed by atoms with Crippen molar-refractivity contribution in [3.05, 3.63) is 30.5 Å². The molecule has 1 fully saturated rings. The average Bonchev–Trinajstić information content (AvgIpc) is 2.54. The molecular formula is C15H18N4O2. The number of aromatic nitrogens is 2. The number of carbonyl (C=O) groups excluding carboxylic acids is 1. The molecule has 1 unspecified atom stereocenters. The van der Waals surface area contributed by atoms with Gasteiger partial charge in [0.2, 0.25) is 0 Å². The van der Waals surface area contributed by atoms with Crippen molar-refractivity contribution in [3.8, 4) is 0 Å². The zero-order valence-corrected chi connectivity index (χ0v) is 12.0. The van der Waals surface area contributed by atoms with Gasteiger partial charge in [0.1, 0.15) is 6.04 Å². The van der Waals surface area contributed by atoms with E-state index in [-0.39, 0.29) is 12.0 Å². The summed E-state index contributed by atoms with van der Waals surface area (Å²) in [6.07, 6.45) is 1.74. The van der Waals surface area contributed by atoms with E-state index in [0.717, 1.165) is 23.1 Å². The molecule has 21 heavy (non-hydrogen) atoms. The van der Waals surface area contributed by atoms with Crippen LogP contribution < -0.4 is 10.2 Å². The fraction of sp³-hybridized carbons (Fsp3) is 0.400. The van der Waals surface area contributed by atoms with Crippen LogP contribution in [0, 0.1) is 0 Å². The topological polar surface area (TPSA) is 67.3 Å². The maximum atomic E-state index is 12.2. The molecular weight excluding hydrogens is 268 g/mol. The van der Waals surface area contributed by atoms with Crippen molar-refractivity contribution < 1.29 is 9.53 Å². The smallest absolute Gasteiger partial charge is 0.330 e. The number of hydrogen-bond donors (Lipinski definition) is 1. The molecule has 2 aromatic rings. The lowest BCUT2D eigenvalue weighted by atomic mass is 10.1. The highest BCUT2D eigenvalue weighted by atomic mass is 16.5. The highest BCUT2D eigenvalue weighted by Crippen LogP contribution is 2.25. The van der Waals surface area contributed by atoms with Crippen molar-refractivity contribution in [3.63, 3.8) is 0 Å². The third kappa shape index (κ3) is 2.67. The van der Waals surface area contributed by atoms with Gasteiger partial charge in [0, 0.05) is 30.4 Å². The number of fused-ring (bicyclic) bond motifs is 1. The van der Waals surface area contributed by atoms with Crippen molar-refractivity contribution in [2.24, 2.45) is 0 Å². The number of hydrogen-bond acceptors (Lipinski definition) is 6. The van der Waals surface area contributed by atoms with E-state index in [1.165, 1.54) is 0 Å². The molecule has 0 amide bonds. The van der Waals surface area contributed by atoms with Crippen LogP contribution in [0.25, 0.3) is 10.8 Å². The minimum atomic E-state index is -0.362. The van der Waals surface area contributed by atoms with E-state index in [9.17, 15) is 4.79 Å². The van der Waals surface area contributed by atoms with E-state index >= 15 is 0 Å². The zero-order chi connectivity index (χ0) is 14.7. The second kappa shape index (κ2) is 6.05. The summed E-state index contributed by atoms with van der Waals surface area (Å²) in [5, 5.41) is 13.6. The van der Waals surface area contributed by atoms with Gasteiger partial charge in [-0.15, -0.1) is 5.10 Å². The van der Waals surface area contributed by atoms with Crippen molar-refractivity contribution in [1.82, 2.24) is 15.5 Å². The maximum absolute atomic E-state index is 12.2. The van der Waals surface area contributed by atoms with Gasteiger partial charge in [-0.1, -0.05) is 24.3 Å². The van der Waals surface area contributed by atoms with Crippen LogP contribution in [-0.4, -0.2) is 48.4 Å². The number of nitrogens with zero attached hydrogens (tertiary/aromatic N) is 3. The third-order valence-corrected chi connectivity index (χ3v) is 3.63. The van der Waals surface area contributed by atoms with E-state index in [2.05, 4.69) is 15.5 Å². The molecule has 1 atom stereocenters. The molecule has 6 heteroatoms. The van der Waals surface area contributed by atoms with Gasteiger partial charge in [0.05, 0.1) is 12.8 Å². The summed E-state index contributed by atoms with van der Waals surface area (Å²) in [6, 6.07) is 7.57. The molecule has 6 nitrogen and oxygen atoms in total. The second-order valence-electron chi connectivity index (χ2n) is 4.92. The van der Waals surface area contributed by atoms with Gasteiger partial charge >= 0.3 is 5.97 Å². The monoisotopic (exact) mass is 286 g/mol. The summed E-state index contributed by atoms with van der Waals surface area (Å²) < 4.78 is 5.18. The number of anilines is 1. The van der Waals surface area contributed by atoms with Crippen LogP contribution in [0.15, 0.2) is 30.5 Å². The number of benzene rings is 1. The fourth-order valence-electron chi connectivity index (χ4n) is 2.63. The Morgan fingerprint density at radius 3 is 3.19 bits per heavy atom. The number of nitrogens with one attached hydrogen (secondary N) is 1. The molecule has 0 spiro atoms. The molecule has 1 aliphatic rings. The van der Waals surface area contributed by atoms with Crippen LogP contribution in [0.2, 0.25) is 0 Å². The van der Waals surface area contributed by atoms with Gasteiger partial charge in [-0.2, -0.15) is 5.10 Å². The van der Waals surface area contributed by atoms with Crippen LogP contribution in [-0.2, 0) is 9.53 Å². The van der Waals surface area contributed by atoms with E-state index in [1.807, 2.05) is 36.1 Å². The first-order valence-corrected chi connectivity index (χ1v) is 7.15. The van der Waals surface area contributed by atoms with Crippen LogP contribution >= 0.6 is 0 Å². The SMILES string of the molecule is CCOC(=O)C1CNCCN1c1nncc2ccccc12. The number of piperazine rings is 1. The van der Waals surface area contributed by atoms with Crippen molar-refractivity contribution in [2.75, 3.05) is 31.1 Å². The zero-order valence-electron chi connectivity index (χ0n) is 12.0. The molecule has 0 bridgehead atoms. The number of esters is 1. The Hall–Kier alpha value is -2.21. The Bertz CT molecular complexity index is 641. The van der Waals surface area contributed by atoms with E-state index in [4.69, 9.17) is 4.74 Å². The molecule has 1 N–H and O–H groups in total. The van der Waals surface area contributed by atoms with E-state index < -0.39 is 0 Å². The molecule has 1 aromatic heterocycles. The fourth-order valence-corrected chi connectivity index (χ4v) is 2.63. The predicted octanol–water partition coefficient (Wildman–Crippen LogP) is 0.971. The van der Waals surface area contributed by atoms with Gasteiger partial charge in [-0.05, 0) is 6.92 Å². The number of carbonyl (C=O) groups is 1. The van der Waals surface area contributed by atoms with E-state index in [1.54, 1.807) is 6.20 Å². The van der Waals surface area contributed by atoms with E-state index in [0.29, 0.717) is 19.7 Å². The Balaban J connectivity index is 2.00. The van der Waals surface area contributed by atoms with Crippen LogP contribution in [0.5, 0.6) is 0 Å². The summed E-state index contributed by atoms with van der Waals surface area (Å²) in [4.78, 5) is 14.2. The van der Waals surface area contributed by atoms with Crippen LogP contribution in [0.3, 0.4) is 0 Å². The minimum absolute atomic E-state index is 0.223. The Morgan fingerprint density at radius 1 is 1.48 bits per heavy atom. The molecule has 0 radical (unpaired) electrons. The van der Waals surface area contributed by atoms with Crippen molar-refractivity contribution in [1.29, 1.82) is 0 Å². The maximum Gasteiger partial charge on any atom is 0.330 e. The molecule has 0 aliphatic carbocycles. The molecule has 2 heterocycles. The summed E-state index contributed by atoms with van der Waals surface area (Å²) in [5.74, 6) is 0.520. The molecule has 110 valence electrons. The molecule has 1 aromatic carbocycles. The highest BCUT2D eigenvalue weighted by Gasteiger charge is 2.31. The van der Waals surface area contributed by atoms with Gasteiger partial charge in [0.15, 0.2) is 5.82 Å². The van der Waals surface area contributed by atoms with Gasteiger partial charge in [0.25, 0.3) is 0 Å². The minimum Gasteiger partial charge on any atom is -0.464 e. The highest BCUT2D eigenvalue weighted by molar-refractivity contribution is 5.93. The number of rotatable bonds is 3. The summed E-state index contributed by atoms with van der Waals surface area (Å²) in [5.41, 5.74) is 0. The van der Waals surface area contributed by atoms with Crippen LogP contribution in [0.1, 0.15) is 6.92 Å². The first kappa shape index (κ1) is 13.8. The summed E-state index contributed by atoms with van der Waals surface area (Å²) in [6.45, 7) is 4.26. The van der Waals surface area contributed by atoms with Gasteiger partial charge < -0.3 is 15.0 Å². The molecule has 1 aliphatic heterocycles. The largest absolute Gasteiger partial charge is 0.464 e. The van der Waals surface area contributed by atoms with Crippen molar-refractivity contribution in [2.45, 2.75) is 13.0 Å². The van der Waals surface area contributed by atoms with Gasteiger partial charge in [-0.3, -0.25) is 0 Å². The lowest BCUT2D eigenvalue weighted by Gasteiger charge is -2.35. The average molecular weight is 286 g/mol. The van der Waals surface area contributed by atoms with Gasteiger partial charge in [-0.25, -0.2) is 4.79 Å². The third-order valence-electron chi connectivity index (χ3n) is 3.63. The van der Waals surface area contributed by atoms with Crippen molar-refractivity contribution >= 4 is 22.6 Å². The summed E-state index contributed by atoms with van der Waals surface area (Å²) >= 11 is 0. The summed E-state index contributed by atoms with van der Waals surface area (Å²) in [7, 11) is 0. The Morgan fingerprint density at radius 2 is 2.33 bits per heavy atom. The molecule has 1 saturated heterocycles. The number of ether oxygens (including phenoxy) is 1. The first-order valence-electron chi connectivity index (χ1n) is 7.15. The Kier molecular flexibility index (Phi) is 3.96. The standard InChI is InChI=1S/C15H18N4O2/c1-2-21-15(20)13-10-16-7-8-19(13)14-12-6-4-3-5-11(12)9-17-18-14/h3-6,9,13,16H,2,7-8,10H2,1H3. The van der Waals surface area contributed by atoms with Crippen LogP contribution in [0.4, 0.5) is 5.82 Å². The second-order valence-corrected chi connectivity index (χ2v) is 4.92. The lowest BCUT2D eigenvalue weighted by molar-refractivity contribution is -0.144. The lowest BCUT2D eigenvalue weighted by Crippen LogP contribution is -2.56. The molecule has 3 rings (SSSR count). The first-order chi connectivity index (χ1) is 10.3. The predicted molar refractivity (Wildman–Crippen MR) is 80.2 cm³/mol. The molecule has 0 saturated carbocycles.